The van der Waals surface area contributed by atoms with Crippen LogP contribution in [0, 0.1) is 0 Å². The molecule has 0 spiro atoms. The summed E-state index contributed by atoms with van der Waals surface area (Å²) in [5.41, 5.74) is 3.48. The minimum Gasteiger partial charge on any atom is -0.301 e. The zero-order valence-corrected chi connectivity index (χ0v) is 16.5. The number of thiazole rings is 1. The maximum atomic E-state index is 13.2. The molecule has 4 aromatic rings. The number of carbonyl (C=O) groups is 1. The molecule has 138 valence electrons. The van der Waals surface area contributed by atoms with Crippen molar-refractivity contribution in [2.45, 2.75) is 5.92 Å². The Morgan fingerprint density at radius 2 is 1.43 bits per heavy atom. The van der Waals surface area contributed by atoms with Crippen molar-refractivity contribution >= 4 is 34.0 Å². The van der Waals surface area contributed by atoms with Crippen LogP contribution < -0.4 is 5.32 Å². The Morgan fingerprint density at radius 1 is 0.857 bits per heavy atom. The summed E-state index contributed by atoms with van der Waals surface area (Å²) in [6.45, 7) is 0. The Labute approximate surface area is 172 Å². The largest absolute Gasteiger partial charge is 0.301 e. The molecule has 0 bridgehead atoms. The van der Waals surface area contributed by atoms with E-state index in [1.165, 1.54) is 11.3 Å². The average Bonchev–Trinajstić information content (AvgIpc) is 3.18. The molecule has 28 heavy (non-hydrogen) atoms. The molecule has 1 N–H and O–H groups in total. The quantitative estimate of drug-likeness (QED) is 0.428. The van der Waals surface area contributed by atoms with E-state index in [0.29, 0.717) is 10.2 Å². The fourth-order valence-electron chi connectivity index (χ4n) is 3.09. The van der Waals surface area contributed by atoms with Crippen LogP contribution in [0.2, 0.25) is 5.02 Å². The van der Waals surface area contributed by atoms with Crippen LogP contribution in [0.15, 0.2) is 90.3 Å². The molecule has 5 heteroatoms. The number of halogens is 1. The second-order valence-corrected chi connectivity index (χ2v) is 7.53. The Morgan fingerprint density at radius 3 is 2.04 bits per heavy atom. The van der Waals surface area contributed by atoms with Crippen molar-refractivity contribution in [3.05, 3.63) is 106 Å². The number of nitrogens with one attached hydrogen (secondary N) is 1. The molecule has 1 amide bonds. The number of aromatic nitrogens is 1. The fraction of sp³-hybridized carbons (Fsp3) is 0.0435. The predicted octanol–water partition coefficient (Wildman–Crippen LogP) is 6.23. The van der Waals surface area contributed by atoms with Gasteiger partial charge in [0, 0.05) is 16.0 Å². The van der Waals surface area contributed by atoms with Gasteiger partial charge in [0.25, 0.3) is 0 Å². The Bertz CT molecular complexity index is 1040. The Hall–Kier alpha value is -2.95. The van der Waals surface area contributed by atoms with Crippen molar-refractivity contribution in [1.29, 1.82) is 0 Å². The van der Waals surface area contributed by atoms with Gasteiger partial charge < -0.3 is 5.32 Å². The van der Waals surface area contributed by atoms with Crippen molar-refractivity contribution in [3.8, 4) is 11.3 Å². The third-order valence-corrected chi connectivity index (χ3v) is 5.50. The topological polar surface area (TPSA) is 42.0 Å². The van der Waals surface area contributed by atoms with Gasteiger partial charge in [-0.2, -0.15) is 0 Å². The average molecular weight is 405 g/mol. The third-order valence-electron chi connectivity index (χ3n) is 4.41. The second-order valence-electron chi connectivity index (χ2n) is 6.26. The molecule has 1 heterocycles. The number of benzene rings is 3. The highest BCUT2D eigenvalue weighted by atomic mass is 35.5. The van der Waals surface area contributed by atoms with Crippen LogP contribution in [-0.4, -0.2) is 10.9 Å². The summed E-state index contributed by atoms with van der Waals surface area (Å²) in [6.07, 6.45) is 0. The molecular formula is C23H17ClN2OS. The van der Waals surface area contributed by atoms with Crippen LogP contribution in [0.25, 0.3) is 11.3 Å². The summed E-state index contributed by atoms with van der Waals surface area (Å²) in [5.74, 6) is -0.521. The van der Waals surface area contributed by atoms with E-state index in [-0.39, 0.29) is 5.91 Å². The van der Waals surface area contributed by atoms with Crippen LogP contribution in [0.1, 0.15) is 17.0 Å². The standard InChI is InChI=1S/C23H17ClN2OS/c24-19-14-8-7-13-18(19)20-15-28-23(25-20)26-22(27)21(16-9-3-1-4-10-16)17-11-5-2-6-12-17/h1-15,21H,(H,25,26,27). The summed E-state index contributed by atoms with van der Waals surface area (Å²) in [4.78, 5) is 17.7. The van der Waals surface area contributed by atoms with E-state index in [1.807, 2.05) is 90.3 Å². The van der Waals surface area contributed by atoms with Gasteiger partial charge in [-0.1, -0.05) is 90.5 Å². The predicted molar refractivity (Wildman–Crippen MR) is 116 cm³/mol. The van der Waals surface area contributed by atoms with Gasteiger partial charge in [0.05, 0.1) is 11.6 Å². The zero-order chi connectivity index (χ0) is 19.3. The first-order valence-electron chi connectivity index (χ1n) is 8.83. The minimum atomic E-state index is -0.407. The van der Waals surface area contributed by atoms with Crippen LogP contribution >= 0.6 is 22.9 Å². The van der Waals surface area contributed by atoms with Crippen molar-refractivity contribution in [3.63, 3.8) is 0 Å². The van der Waals surface area contributed by atoms with Gasteiger partial charge in [0.1, 0.15) is 0 Å². The molecule has 0 aliphatic carbocycles. The van der Waals surface area contributed by atoms with Crippen LogP contribution in [0.4, 0.5) is 5.13 Å². The van der Waals surface area contributed by atoms with Gasteiger partial charge in [0.2, 0.25) is 5.91 Å². The molecule has 1 aromatic heterocycles. The number of amides is 1. The number of rotatable bonds is 5. The molecule has 0 aliphatic heterocycles. The smallest absolute Gasteiger partial charge is 0.238 e. The van der Waals surface area contributed by atoms with Gasteiger partial charge in [-0.25, -0.2) is 4.98 Å². The summed E-state index contributed by atoms with van der Waals surface area (Å²) in [6, 6.07) is 27.1. The molecule has 0 aliphatic rings. The number of hydrogen-bond donors (Lipinski definition) is 1. The lowest BCUT2D eigenvalue weighted by molar-refractivity contribution is -0.116. The van der Waals surface area contributed by atoms with Gasteiger partial charge in [-0.15, -0.1) is 11.3 Å². The van der Waals surface area contributed by atoms with Crippen LogP contribution in [0.3, 0.4) is 0 Å². The summed E-state index contributed by atoms with van der Waals surface area (Å²) in [5, 5.41) is 6.06. The maximum absolute atomic E-state index is 13.2. The minimum absolute atomic E-state index is 0.113. The van der Waals surface area contributed by atoms with Crippen molar-refractivity contribution in [2.24, 2.45) is 0 Å². The normalized spacial score (nSPS) is 10.8. The van der Waals surface area contributed by atoms with E-state index < -0.39 is 5.92 Å². The zero-order valence-electron chi connectivity index (χ0n) is 14.9. The molecule has 4 rings (SSSR count). The first kappa shape index (κ1) is 18.4. The van der Waals surface area contributed by atoms with Crippen molar-refractivity contribution in [1.82, 2.24) is 4.98 Å². The van der Waals surface area contributed by atoms with E-state index >= 15 is 0 Å². The molecule has 0 saturated heterocycles. The highest BCUT2D eigenvalue weighted by molar-refractivity contribution is 7.14. The van der Waals surface area contributed by atoms with Crippen molar-refractivity contribution in [2.75, 3.05) is 5.32 Å². The van der Waals surface area contributed by atoms with Crippen LogP contribution in [-0.2, 0) is 4.79 Å². The Balaban J connectivity index is 1.62. The molecular weight excluding hydrogens is 388 g/mol. The molecule has 0 fully saturated rings. The number of carbonyl (C=O) groups excluding carboxylic acids is 1. The number of hydrogen-bond acceptors (Lipinski definition) is 3. The van der Waals surface area contributed by atoms with Gasteiger partial charge in [-0.05, 0) is 17.2 Å². The van der Waals surface area contributed by atoms with Gasteiger partial charge >= 0.3 is 0 Å². The summed E-state index contributed by atoms with van der Waals surface area (Å²) < 4.78 is 0. The van der Waals surface area contributed by atoms with Crippen LogP contribution in [0.5, 0.6) is 0 Å². The SMILES string of the molecule is O=C(Nc1nc(-c2ccccc2Cl)cs1)C(c1ccccc1)c1ccccc1. The lowest BCUT2D eigenvalue weighted by Gasteiger charge is -2.17. The highest BCUT2D eigenvalue weighted by Crippen LogP contribution is 2.31. The monoisotopic (exact) mass is 404 g/mol. The highest BCUT2D eigenvalue weighted by Gasteiger charge is 2.23. The fourth-order valence-corrected chi connectivity index (χ4v) is 4.03. The molecule has 3 nitrogen and oxygen atoms in total. The van der Waals surface area contributed by atoms with E-state index in [1.54, 1.807) is 0 Å². The first-order chi connectivity index (χ1) is 13.7. The third kappa shape index (κ3) is 3.98. The van der Waals surface area contributed by atoms with Gasteiger partial charge in [-0.3, -0.25) is 4.79 Å². The maximum Gasteiger partial charge on any atom is 0.238 e. The van der Waals surface area contributed by atoms with E-state index in [4.69, 9.17) is 11.6 Å². The van der Waals surface area contributed by atoms with Gasteiger partial charge in [0.15, 0.2) is 5.13 Å². The summed E-state index contributed by atoms with van der Waals surface area (Å²) in [7, 11) is 0. The second kappa shape index (κ2) is 8.38. The lowest BCUT2D eigenvalue weighted by atomic mass is 9.90. The number of nitrogens with zero attached hydrogens (tertiary/aromatic N) is 1. The van der Waals surface area contributed by atoms with E-state index in [9.17, 15) is 4.79 Å². The lowest BCUT2D eigenvalue weighted by Crippen LogP contribution is -2.22. The molecule has 0 radical (unpaired) electrons. The molecule has 3 aromatic carbocycles. The number of anilines is 1. The van der Waals surface area contributed by atoms with E-state index in [0.717, 1.165) is 22.4 Å². The molecule has 0 saturated carbocycles. The first-order valence-corrected chi connectivity index (χ1v) is 10.1. The molecule has 0 atom stereocenters. The van der Waals surface area contributed by atoms with E-state index in [2.05, 4.69) is 10.3 Å². The molecule has 0 unspecified atom stereocenters. The Kier molecular flexibility index (Phi) is 5.51. The van der Waals surface area contributed by atoms with Crippen molar-refractivity contribution < 1.29 is 4.79 Å². The summed E-state index contributed by atoms with van der Waals surface area (Å²) >= 11 is 7.65.